The number of benzene rings is 1. The first-order valence-corrected chi connectivity index (χ1v) is 11.4. The van der Waals surface area contributed by atoms with Crippen LogP contribution in [-0.2, 0) is 10.2 Å². The van der Waals surface area contributed by atoms with Crippen molar-refractivity contribution in [2.24, 2.45) is 5.14 Å². The normalized spacial score (nSPS) is 21.6. The van der Waals surface area contributed by atoms with Gasteiger partial charge >= 0.3 is 0 Å². The number of anilines is 4. The predicted molar refractivity (Wildman–Crippen MR) is 117 cm³/mol. The van der Waals surface area contributed by atoms with E-state index in [0.29, 0.717) is 18.4 Å². The van der Waals surface area contributed by atoms with Crippen molar-refractivity contribution < 1.29 is 13.2 Å². The van der Waals surface area contributed by atoms with Gasteiger partial charge < -0.3 is 15.1 Å². The van der Waals surface area contributed by atoms with Gasteiger partial charge in [-0.2, -0.15) is 13.1 Å². The van der Waals surface area contributed by atoms with E-state index in [1.807, 2.05) is 42.3 Å². The third-order valence-electron chi connectivity index (χ3n) is 5.80. The monoisotopic (exact) mass is 430 g/mol. The van der Waals surface area contributed by atoms with Crippen LogP contribution in [0.3, 0.4) is 0 Å². The number of fused-ring (bicyclic) bond motifs is 2. The molecule has 0 spiro atoms. The van der Waals surface area contributed by atoms with Gasteiger partial charge in [0.15, 0.2) is 0 Å². The minimum absolute atomic E-state index is 0.0700. The van der Waals surface area contributed by atoms with E-state index in [2.05, 4.69) is 15.0 Å². The number of para-hydroxylation sites is 1. The smallest absolute Gasteiger partial charge is 0.274 e. The second-order valence-electron chi connectivity index (χ2n) is 7.85. The molecule has 0 bridgehead atoms. The van der Waals surface area contributed by atoms with Gasteiger partial charge in [-0.25, -0.2) is 10.1 Å². The maximum absolute atomic E-state index is 12.9. The van der Waals surface area contributed by atoms with Crippen molar-refractivity contribution in [3.05, 3.63) is 42.1 Å². The van der Waals surface area contributed by atoms with Crippen LogP contribution < -0.4 is 25.0 Å². The Hall–Kier alpha value is -2.69. The molecule has 0 unspecified atom stereocenters. The van der Waals surface area contributed by atoms with Gasteiger partial charge in [-0.15, -0.1) is 0 Å². The van der Waals surface area contributed by atoms with E-state index in [1.54, 1.807) is 18.1 Å². The summed E-state index contributed by atoms with van der Waals surface area (Å²) in [5.41, 5.74) is 3.12. The number of carbonyl (C=O) groups is 1. The standard InChI is InChI=1S/C20H26N6O3S/c1-25-16-6-4-3-5-15(16)20(27)26(2)18-12-22-19(11-17(18)25)23-13-7-9-14(10-8-13)24-30(21,28)29/h3-6,11-14,24H,7-10H2,1-2H3,(H,22,23)(H2,21,28,29). The fourth-order valence-corrected chi connectivity index (χ4v) is 4.91. The zero-order valence-corrected chi connectivity index (χ0v) is 17.8. The van der Waals surface area contributed by atoms with Crippen molar-refractivity contribution >= 4 is 39.0 Å². The summed E-state index contributed by atoms with van der Waals surface area (Å²) in [4.78, 5) is 21.0. The largest absolute Gasteiger partial charge is 0.367 e. The van der Waals surface area contributed by atoms with E-state index in [4.69, 9.17) is 5.14 Å². The number of nitrogens with two attached hydrogens (primary N) is 1. The molecule has 4 rings (SSSR count). The van der Waals surface area contributed by atoms with E-state index >= 15 is 0 Å². The fourth-order valence-electron chi connectivity index (χ4n) is 4.21. The van der Waals surface area contributed by atoms with Gasteiger partial charge in [-0.3, -0.25) is 4.79 Å². The van der Waals surface area contributed by atoms with Crippen molar-refractivity contribution in [3.8, 4) is 0 Å². The molecule has 0 atom stereocenters. The molecule has 1 aromatic carbocycles. The summed E-state index contributed by atoms with van der Waals surface area (Å²) in [6, 6.07) is 9.57. The molecule has 2 aromatic rings. The fraction of sp³-hybridized carbons (Fsp3) is 0.400. The summed E-state index contributed by atoms with van der Waals surface area (Å²) < 4.78 is 24.9. The van der Waals surface area contributed by atoms with Crippen molar-refractivity contribution in [3.63, 3.8) is 0 Å². The molecule has 1 amide bonds. The number of aromatic nitrogens is 1. The van der Waals surface area contributed by atoms with Gasteiger partial charge in [0.05, 0.1) is 28.8 Å². The molecule has 160 valence electrons. The molecule has 0 radical (unpaired) electrons. The zero-order chi connectivity index (χ0) is 21.5. The lowest BCUT2D eigenvalue weighted by molar-refractivity contribution is 0.0994. The van der Waals surface area contributed by atoms with Gasteiger partial charge in [-0.05, 0) is 37.8 Å². The zero-order valence-electron chi connectivity index (χ0n) is 17.0. The number of amides is 1. The van der Waals surface area contributed by atoms with Crippen LogP contribution in [0.1, 0.15) is 36.0 Å². The Morgan fingerprint density at radius 1 is 1.00 bits per heavy atom. The minimum atomic E-state index is -3.67. The summed E-state index contributed by atoms with van der Waals surface area (Å²) in [7, 11) is 0.0235. The van der Waals surface area contributed by atoms with Crippen molar-refractivity contribution in [1.82, 2.24) is 9.71 Å². The van der Waals surface area contributed by atoms with E-state index in [0.717, 1.165) is 35.7 Å². The van der Waals surface area contributed by atoms with E-state index in [9.17, 15) is 13.2 Å². The molecule has 1 aliphatic carbocycles. The first-order chi connectivity index (χ1) is 14.2. The number of hydrogen-bond donors (Lipinski definition) is 3. The Morgan fingerprint density at radius 2 is 1.67 bits per heavy atom. The van der Waals surface area contributed by atoms with Crippen LogP contribution in [0.4, 0.5) is 22.9 Å². The summed E-state index contributed by atoms with van der Waals surface area (Å²) in [6.07, 6.45) is 4.76. The lowest BCUT2D eigenvalue weighted by Crippen LogP contribution is -2.43. The van der Waals surface area contributed by atoms with Crippen LogP contribution >= 0.6 is 0 Å². The second-order valence-corrected chi connectivity index (χ2v) is 9.18. The first kappa shape index (κ1) is 20.6. The van der Waals surface area contributed by atoms with Crippen LogP contribution in [0.25, 0.3) is 0 Å². The Balaban J connectivity index is 1.53. The molecule has 1 fully saturated rings. The van der Waals surface area contributed by atoms with Crippen LogP contribution in [0.15, 0.2) is 36.5 Å². The number of rotatable bonds is 4. The molecular formula is C20H26N6O3S. The highest BCUT2D eigenvalue weighted by Gasteiger charge is 2.28. The van der Waals surface area contributed by atoms with Gasteiger partial charge in [0, 0.05) is 32.2 Å². The van der Waals surface area contributed by atoms with E-state index < -0.39 is 10.2 Å². The topological polar surface area (TPSA) is 121 Å². The number of nitrogens with zero attached hydrogens (tertiary/aromatic N) is 3. The lowest BCUT2D eigenvalue weighted by atomic mass is 9.92. The number of hydrogen-bond acceptors (Lipinski definition) is 6. The van der Waals surface area contributed by atoms with Gasteiger partial charge in [0.2, 0.25) is 0 Å². The molecule has 30 heavy (non-hydrogen) atoms. The summed E-state index contributed by atoms with van der Waals surface area (Å²) in [6.45, 7) is 0. The number of nitrogens with one attached hydrogen (secondary N) is 2. The molecule has 4 N–H and O–H groups in total. The molecule has 2 heterocycles. The number of carbonyl (C=O) groups excluding carboxylic acids is 1. The molecule has 1 aromatic heterocycles. The highest BCUT2D eigenvalue weighted by atomic mass is 32.2. The van der Waals surface area contributed by atoms with Crippen LogP contribution in [0.5, 0.6) is 0 Å². The minimum Gasteiger partial charge on any atom is -0.367 e. The Kier molecular flexibility index (Phi) is 5.39. The maximum atomic E-state index is 12.9. The second kappa shape index (κ2) is 7.86. The highest BCUT2D eigenvalue weighted by molar-refractivity contribution is 7.87. The summed E-state index contributed by atoms with van der Waals surface area (Å²) in [5.74, 6) is 0.656. The number of pyridine rings is 1. The molecule has 9 nitrogen and oxygen atoms in total. The summed E-state index contributed by atoms with van der Waals surface area (Å²) >= 11 is 0. The van der Waals surface area contributed by atoms with Crippen molar-refractivity contribution in [2.45, 2.75) is 37.8 Å². The van der Waals surface area contributed by atoms with Crippen LogP contribution in [-0.4, -0.2) is 45.5 Å². The van der Waals surface area contributed by atoms with Gasteiger partial charge in [0.1, 0.15) is 5.82 Å². The molecule has 10 heteroatoms. The Morgan fingerprint density at radius 3 is 2.37 bits per heavy atom. The van der Waals surface area contributed by atoms with E-state index in [1.165, 1.54) is 0 Å². The third-order valence-corrected chi connectivity index (χ3v) is 6.46. The summed E-state index contributed by atoms with van der Waals surface area (Å²) in [5, 5.41) is 8.53. The third kappa shape index (κ3) is 4.11. The average molecular weight is 431 g/mol. The highest BCUT2D eigenvalue weighted by Crippen LogP contribution is 2.39. The maximum Gasteiger partial charge on any atom is 0.274 e. The lowest BCUT2D eigenvalue weighted by Gasteiger charge is -2.30. The van der Waals surface area contributed by atoms with Crippen LogP contribution in [0, 0.1) is 0 Å². The van der Waals surface area contributed by atoms with E-state index in [-0.39, 0.29) is 18.0 Å². The van der Waals surface area contributed by atoms with Gasteiger partial charge in [-0.1, -0.05) is 12.1 Å². The molecule has 0 saturated heterocycles. The van der Waals surface area contributed by atoms with Crippen molar-refractivity contribution in [2.75, 3.05) is 29.2 Å². The predicted octanol–water partition coefficient (Wildman–Crippen LogP) is 1.96. The molecule has 2 aliphatic rings. The molecule has 1 saturated carbocycles. The molecule has 1 aliphatic heterocycles. The van der Waals surface area contributed by atoms with Gasteiger partial charge in [0.25, 0.3) is 16.1 Å². The Labute approximate surface area is 176 Å². The van der Waals surface area contributed by atoms with Crippen LogP contribution in [0.2, 0.25) is 0 Å². The molecular weight excluding hydrogens is 404 g/mol. The SMILES string of the molecule is CN1C(=O)c2ccccc2N(C)c2cc(NC3CCC(NS(N)(=O)=O)CC3)ncc21. The average Bonchev–Trinajstić information content (AvgIpc) is 2.79. The Bertz CT molecular complexity index is 1070. The van der Waals surface area contributed by atoms with Crippen molar-refractivity contribution in [1.29, 1.82) is 0 Å². The quantitative estimate of drug-likeness (QED) is 0.682. The first-order valence-electron chi connectivity index (χ1n) is 9.90.